The molecular weight excluding hydrogens is 1160 g/mol. The average molecular weight is 1240 g/mol. The van der Waals surface area contributed by atoms with E-state index < -0.39 is 47.8 Å². The van der Waals surface area contributed by atoms with E-state index in [1.54, 1.807) is 36.4 Å². The molecule has 0 saturated carbocycles. The van der Waals surface area contributed by atoms with Gasteiger partial charge in [0, 0.05) is 24.3 Å². The first-order chi connectivity index (χ1) is 43.8. The number of hydrogen-bond acceptors (Lipinski definition) is 20. The molecule has 90 heavy (non-hydrogen) atoms. The van der Waals surface area contributed by atoms with E-state index in [0.29, 0.717) is 114 Å². The summed E-state index contributed by atoms with van der Waals surface area (Å²) in [5.41, 5.74) is 0.723. The van der Waals surface area contributed by atoms with Crippen LogP contribution in [0, 0.1) is 0 Å². The summed E-state index contributed by atoms with van der Waals surface area (Å²) in [6, 6.07) is 26.9. The van der Waals surface area contributed by atoms with Crippen LogP contribution >= 0.6 is 0 Å². The quantitative estimate of drug-likeness (QED) is 0.0116. The second kappa shape index (κ2) is 41.2. The standard InChI is InChI=1S/C70H78O20/c1-5-63(71)83-45-21-13-9-17-41-79-59-39-29-53(49-61(59)81-43-19-11-15-23-47-85-65(73)7-3)69(77)89-55-31-25-51(26-32-55)67(75)87-57-35-37-58(38-36-57)88-68(76)52-27-33-56(34-28-52)90-70(78)54-30-40-60(80-42-18-10-14-22-46-84-64(72)6-2)62(50-54)82-44-20-12-16-24-48-86-66(74)8-4/h5-8,25-40,49-50H,1-4,9-24,41-48H2. The fourth-order valence-corrected chi connectivity index (χ4v) is 8.18. The summed E-state index contributed by atoms with van der Waals surface area (Å²) in [6.07, 6.45) is 16.8. The van der Waals surface area contributed by atoms with Crippen molar-refractivity contribution in [3.63, 3.8) is 0 Å². The Hall–Kier alpha value is -9.98. The highest BCUT2D eigenvalue weighted by Crippen LogP contribution is 2.32. The second-order valence-corrected chi connectivity index (χ2v) is 19.9. The molecule has 478 valence electrons. The van der Waals surface area contributed by atoms with Gasteiger partial charge in [-0.25, -0.2) is 38.4 Å². The number of carbonyl (C=O) groups is 8. The smallest absolute Gasteiger partial charge is 0.343 e. The van der Waals surface area contributed by atoms with Crippen molar-refractivity contribution in [3.8, 4) is 46.0 Å². The van der Waals surface area contributed by atoms with Gasteiger partial charge >= 0.3 is 47.8 Å². The van der Waals surface area contributed by atoms with E-state index in [1.807, 2.05) is 0 Å². The first kappa shape index (κ1) is 70.8. The predicted octanol–water partition coefficient (Wildman–Crippen LogP) is 13.2. The molecule has 0 spiro atoms. The van der Waals surface area contributed by atoms with Gasteiger partial charge in [0.05, 0.1) is 75.1 Å². The Kier molecular flexibility index (Phi) is 32.4. The van der Waals surface area contributed by atoms with E-state index in [9.17, 15) is 38.4 Å². The van der Waals surface area contributed by atoms with Crippen molar-refractivity contribution >= 4 is 47.8 Å². The normalized spacial score (nSPS) is 10.5. The molecule has 20 nitrogen and oxygen atoms in total. The van der Waals surface area contributed by atoms with Crippen molar-refractivity contribution in [2.24, 2.45) is 0 Å². The minimum Gasteiger partial charge on any atom is -0.490 e. The number of carbonyl (C=O) groups excluding carboxylic acids is 8. The van der Waals surface area contributed by atoms with Crippen molar-refractivity contribution in [3.05, 3.63) is 182 Å². The molecule has 0 bridgehead atoms. The summed E-state index contributed by atoms with van der Waals surface area (Å²) in [7, 11) is 0. The third kappa shape index (κ3) is 27.4. The molecule has 0 aliphatic rings. The molecule has 0 aliphatic carbocycles. The first-order valence-corrected chi connectivity index (χ1v) is 29.9. The minimum absolute atomic E-state index is 0.162. The van der Waals surface area contributed by atoms with Crippen LogP contribution in [-0.2, 0) is 38.1 Å². The molecule has 0 aliphatic heterocycles. The zero-order valence-corrected chi connectivity index (χ0v) is 50.7. The predicted molar refractivity (Wildman–Crippen MR) is 333 cm³/mol. The maximum absolute atomic E-state index is 13.4. The molecule has 0 heterocycles. The molecule has 0 atom stereocenters. The highest BCUT2D eigenvalue weighted by molar-refractivity contribution is 5.94. The van der Waals surface area contributed by atoms with Gasteiger partial charge in [-0.3, -0.25) is 0 Å². The molecule has 5 aromatic rings. The fourth-order valence-electron chi connectivity index (χ4n) is 8.18. The lowest BCUT2D eigenvalue weighted by atomic mass is 10.2. The number of ether oxygens (including phenoxy) is 12. The van der Waals surface area contributed by atoms with Crippen molar-refractivity contribution in [1.82, 2.24) is 0 Å². The van der Waals surface area contributed by atoms with Gasteiger partial charge in [-0.1, -0.05) is 26.3 Å². The summed E-state index contributed by atoms with van der Waals surface area (Å²) in [6.45, 7) is 16.2. The highest BCUT2D eigenvalue weighted by atomic mass is 16.6. The van der Waals surface area contributed by atoms with Crippen LogP contribution in [0.5, 0.6) is 46.0 Å². The van der Waals surface area contributed by atoms with Crippen LogP contribution in [-0.4, -0.2) is 101 Å². The number of rotatable bonds is 44. The molecule has 0 fully saturated rings. The summed E-state index contributed by atoms with van der Waals surface area (Å²) in [4.78, 5) is 98.2. The summed E-state index contributed by atoms with van der Waals surface area (Å²) in [5, 5.41) is 0. The summed E-state index contributed by atoms with van der Waals surface area (Å²) < 4.78 is 66.8. The van der Waals surface area contributed by atoms with Gasteiger partial charge in [-0.15, -0.1) is 0 Å². The van der Waals surface area contributed by atoms with Crippen LogP contribution in [0.3, 0.4) is 0 Å². The van der Waals surface area contributed by atoms with Crippen LogP contribution in [0.25, 0.3) is 0 Å². The van der Waals surface area contributed by atoms with E-state index in [0.717, 1.165) is 88.5 Å². The molecule has 5 rings (SSSR count). The van der Waals surface area contributed by atoms with Crippen LogP contribution in [0.2, 0.25) is 0 Å². The molecule has 0 saturated heterocycles. The molecule has 0 radical (unpaired) electrons. The largest absolute Gasteiger partial charge is 0.490 e. The van der Waals surface area contributed by atoms with Gasteiger partial charge in [0.15, 0.2) is 23.0 Å². The third-order valence-corrected chi connectivity index (χ3v) is 13.0. The van der Waals surface area contributed by atoms with Crippen LogP contribution in [0.15, 0.2) is 160 Å². The lowest BCUT2D eigenvalue weighted by molar-refractivity contribution is -0.138. The Bertz CT molecular complexity index is 2940. The van der Waals surface area contributed by atoms with Crippen molar-refractivity contribution in [2.75, 3.05) is 52.9 Å². The van der Waals surface area contributed by atoms with Gasteiger partial charge in [-0.2, -0.15) is 0 Å². The van der Waals surface area contributed by atoms with Crippen molar-refractivity contribution in [1.29, 1.82) is 0 Å². The number of unbranched alkanes of at least 4 members (excludes halogenated alkanes) is 12. The molecule has 5 aromatic carbocycles. The van der Waals surface area contributed by atoms with E-state index in [2.05, 4.69) is 26.3 Å². The van der Waals surface area contributed by atoms with Gasteiger partial charge in [0.25, 0.3) is 0 Å². The monoisotopic (exact) mass is 1240 g/mol. The molecule has 0 N–H and O–H groups in total. The summed E-state index contributed by atoms with van der Waals surface area (Å²) in [5.74, 6) is -2.30. The molecule has 0 aromatic heterocycles. The maximum atomic E-state index is 13.4. The fraction of sp³-hybridized carbons (Fsp3) is 0.343. The zero-order valence-electron chi connectivity index (χ0n) is 50.7. The van der Waals surface area contributed by atoms with Crippen LogP contribution in [0.1, 0.15) is 144 Å². The van der Waals surface area contributed by atoms with E-state index in [1.165, 1.54) is 72.8 Å². The van der Waals surface area contributed by atoms with Crippen molar-refractivity contribution in [2.45, 2.75) is 103 Å². The molecule has 20 heteroatoms. The SMILES string of the molecule is C=CC(=O)OCCCCCCOc1ccc(C(=O)Oc2ccc(C(=O)Oc3ccc(OC(=O)c4ccc(OC(=O)c5ccc(OCCCCCCOC(=O)C=C)c(OCCCCCCOC(=O)C=C)c5)cc4)cc3)cc2)cc1OCCCCCCOC(=O)C=C. The Morgan fingerprint density at radius 1 is 0.256 bits per heavy atom. The highest BCUT2D eigenvalue weighted by Gasteiger charge is 2.19. The van der Waals surface area contributed by atoms with E-state index in [-0.39, 0.29) is 45.3 Å². The molecule has 0 amide bonds. The molecule has 0 unspecified atom stereocenters. The number of esters is 8. The van der Waals surface area contributed by atoms with Gasteiger partial charge in [0.2, 0.25) is 0 Å². The Balaban J connectivity index is 1.09. The Labute approximate surface area is 524 Å². The van der Waals surface area contributed by atoms with Gasteiger partial charge < -0.3 is 56.8 Å². The zero-order chi connectivity index (χ0) is 64.6. The minimum atomic E-state index is -0.701. The summed E-state index contributed by atoms with van der Waals surface area (Å²) >= 11 is 0. The van der Waals surface area contributed by atoms with Gasteiger partial charge in [0.1, 0.15) is 23.0 Å². The average Bonchev–Trinajstić information content (AvgIpc) is 3.34. The number of hydrogen-bond donors (Lipinski definition) is 0. The van der Waals surface area contributed by atoms with Crippen LogP contribution in [0.4, 0.5) is 0 Å². The lowest BCUT2D eigenvalue weighted by Gasteiger charge is -2.14. The van der Waals surface area contributed by atoms with Gasteiger partial charge in [-0.05, 0) is 212 Å². The van der Waals surface area contributed by atoms with E-state index >= 15 is 0 Å². The first-order valence-electron chi connectivity index (χ1n) is 29.9. The Morgan fingerprint density at radius 2 is 0.467 bits per heavy atom. The maximum Gasteiger partial charge on any atom is 0.343 e. The molecular formula is C70H78O20. The topological polar surface area (TPSA) is 247 Å². The Morgan fingerprint density at radius 3 is 0.722 bits per heavy atom. The second-order valence-electron chi connectivity index (χ2n) is 19.9. The van der Waals surface area contributed by atoms with E-state index in [4.69, 9.17) is 56.8 Å². The van der Waals surface area contributed by atoms with Crippen molar-refractivity contribution < 1.29 is 95.2 Å². The lowest BCUT2D eigenvalue weighted by Crippen LogP contribution is -2.11. The van der Waals surface area contributed by atoms with Crippen LogP contribution < -0.4 is 37.9 Å². The number of benzene rings is 5. The third-order valence-electron chi connectivity index (χ3n) is 13.0.